The number of anilines is 1. The van der Waals surface area contributed by atoms with Gasteiger partial charge in [0.1, 0.15) is 11.6 Å². The van der Waals surface area contributed by atoms with E-state index in [-0.39, 0.29) is 23.6 Å². The molecule has 0 unspecified atom stereocenters. The van der Waals surface area contributed by atoms with Crippen LogP contribution in [0.4, 0.5) is 10.1 Å². The van der Waals surface area contributed by atoms with Gasteiger partial charge >= 0.3 is 0 Å². The molecule has 21 heavy (non-hydrogen) atoms. The molecule has 1 fully saturated rings. The van der Waals surface area contributed by atoms with Crippen LogP contribution >= 0.6 is 0 Å². The average Bonchev–Trinajstić information content (AvgIpc) is 3.29. The number of rotatable bonds is 4. The van der Waals surface area contributed by atoms with Crippen LogP contribution in [0.1, 0.15) is 30.7 Å². The minimum Gasteiger partial charge on any atom is -0.323 e. The van der Waals surface area contributed by atoms with E-state index in [1.165, 1.54) is 12.1 Å². The maximum atomic E-state index is 12.9. The van der Waals surface area contributed by atoms with Gasteiger partial charge in [0.2, 0.25) is 5.91 Å². The monoisotopic (exact) mass is 285 g/mol. The van der Waals surface area contributed by atoms with E-state index in [0.29, 0.717) is 5.69 Å². The number of carbonyl (C=O) groups excluding carboxylic acids is 1. The Morgan fingerprint density at radius 3 is 2.57 bits per heavy atom. The Kier molecular flexibility index (Phi) is 3.64. The summed E-state index contributed by atoms with van der Waals surface area (Å²) in [5.74, 6) is 0.595. The smallest absolute Gasteiger partial charge is 0.228 e. The zero-order chi connectivity index (χ0) is 14.8. The molecule has 0 bridgehead atoms. The van der Waals surface area contributed by atoms with Gasteiger partial charge in [-0.2, -0.15) is 0 Å². The summed E-state index contributed by atoms with van der Waals surface area (Å²) in [7, 11) is 0. The highest BCUT2D eigenvalue weighted by atomic mass is 19.1. The molecule has 1 aromatic heterocycles. The number of carbonyl (C=O) groups is 1. The summed E-state index contributed by atoms with van der Waals surface area (Å²) in [6, 6.07) is 6.35. The lowest BCUT2D eigenvalue weighted by molar-refractivity contribution is -0.117. The second kappa shape index (κ2) is 5.60. The lowest BCUT2D eigenvalue weighted by atomic mass is 10.1. The van der Waals surface area contributed by atoms with Crippen LogP contribution in [0.2, 0.25) is 0 Å². The normalized spacial score (nSPS) is 20.1. The van der Waals surface area contributed by atoms with Crippen molar-refractivity contribution in [3.8, 4) is 0 Å². The molecule has 1 N–H and O–H groups in total. The van der Waals surface area contributed by atoms with Crippen LogP contribution in [-0.4, -0.2) is 15.9 Å². The molecular weight excluding hydrogens is 269 g/mol. The summed E-state index contributed by atoms with van der Waals surface area (Å²) < 4.78 is 12.9. The summed E-state index contributed by atoms with van der Waals surface area (Å²) in [5.41, 5.74) is 1.62. The van der Waals surface area contributed by atoms with Gasteiger partial charge < -0.3 is 5.32 Å². The number of aromatic nitrogens is 2. The molecule has 2 atom stereocenters. The summed E-state index contributed by atoms with van der Waals surface area (Å²) in [5, 5.41) is 2.83. The predicted octanol–water partition coefficient (Wildman–Crippen LogP) is 2.92. The lowest BCUT2D eigenvalue weighted by Crippen LogP contribution is -2.15. The lowest BCUT2D eigenvalue weighted by Gasteiger charge is -2.05. The summed E-state index contributed by atoms with van der Waals surface area (Å²) in [4.78, 5) is 20.4. The van der Waals surface area contributed by atoms with Gasteiger partial charge in [-0.05, 0) is 30.0 Å². The van der Waals surface area contributed by atoms with Gasteiger partial charge in [-0.15, -0.1) is 0 Å². The average molecular weight is 285 g/mol. The number of nitrogens with one attached hydrogen (secondary N) is 1. The first-order valence-electron chi connectivity index (χ1n) is 7.04. The second-order valence-electron chi connectivity index (χ2n) is 5.23. The number of halogens is 1. The number of benzene rings is 1. The van der Waals surface area contributed by atoms with Crippen LogP contribution in [0.15, 0.2) is 36.7 Å². The molecule has 1 aromatic carbocycles. The van der Waals surface area contributed by atoms with E-state index in [0.717, 1.165) is 24.2 Å². The summed E-state index contributed by atoms with van der Waals surface area (Å²) in [6.07, 6.45) is 4.81. The first-order valence-corrected chi connectivity index (χ1v) is 7.04. The molecule has 5 heteroatoms. The molecule has 0 spiro atoms. The Morgan fingerprint density at radius 1 is 1.29 bits per heavy atom. The zero-order valence-electron chi connectivity index (χ0n) is 11.7. The van der Waals surface area contributed by atoms with Crippen LogP contribution in [0.5, 0.6) is 0 Å². The molecule has 1 aliphatic carbocycles. The molecule has 0 aliphatic heterocycles. The highest BCUT2D eigenvalue weighted by Gasteiger charge is 2.43. The Hall–Kier alpha value is -2.30. The third kappa shape index (κ3) is 3.07. The molecule has 1 heterocycles. The summed E-state index contributed by atoms with van der Waals surface area (Å²) in [6.45, 7) is 1.98. The first kappa shape index (κ1) is 13.7. The van der Waals surface area contributed by atoms with Gasteiger partial charge in [0.05, 0.1) is 18.1 Å². The van der Waals surface area contributed by atoms with Crippen LogP contribution in [-0.2, 0) is 11.2 Å². The topological polar surface area (TPSA) is 54.9 Å². The van der Waals surface area contributed by atoms with Gasteiger partial charge in [-0.3, -0.25) is 4.79 Å². The van der Waals surface area contributed by atoms with Gasteiger partial charge in [-0.1, -0.05) is 19.1 Å². The number of amides is 1. The van der Waals surface area contributed by atoms with Crippen molar-refractivity contribution in [2.24, 2.45) is 5.92 Å². The molecule has 1 aliphatic rings. The third-order valence-electron chi connectivity index (χ3n) is 3.71. The molecule has 0 saturated heterocycles. The van der Waals surface area contributed by atoms with Crippen molar-refractivity contribution >= 4 is 11.6 Å². The molecule has 1 saturated carbocycles. The largest absolute Gasteiger partial charge is 0.323 e. The van der Waals surface area contributed by atoms with Gasteiger partial charge in [0.15, 0.2) is 0 Å². The maximum Gasteiger partial charge on any atom is 0.228 e. The van der Waals surface area contributed by atoms with Crippen molar-refractivity contribution in [2.75, 3.05) is 5.32 Å². The van der Waals surface area contributed by atoms with Gasteiger partial charge in [0.25, 0.3) is 0 Å². The molecule has 4 nitrogen and oxygen atoms in total. The number of aryl methyl sites for hydroxylation is 1. The standard InChI is InChI=1S/C16H16FN3O/c1-2-15-18-8-12(9-19-15)20-16(21)14-7-13(14)10-3-5-11(17)6-4-10/h3-6,8-9,13-14H,2,7H2,1H3,(H,20,21)/t13-,14+/m0/s1. The van der Waals surface area contributed by atoms with E-state index >= 15 is 0 Å². The number of hydrogen-bond acceptors (Lipinski definition) is 3. The number of hydrogen-bond donors (Lipinski definition) is 1. The van der Waals surface area contributed by atoms with Crippen molar-refractivity contribution in [2.45, 2.75) is 25.7 Å². The fourth-order valence-electron chi connectivity index (χ4n) is 2.40. The fraction of sp³-hybridized carbons (Fsp3) is 0.312. The van der Waals surface area contributed by atoms with E-state index in [1.807, 2.05) is 6.92 Å². The SMILES string of the molecule is CCc1ncc(NC(=O)[C@@H]2C[C@H]2c2ccc(F)cc2)cn1. The van der Waals surface area contributed by atoms with Gasteiger partial charge in [0, 0.05) is 12.3 Å². The van der Waals surface area contributed by atoms with Crippen LogP contribution in [0.25, 0.3) is 0 Å². The van der Waals surface area contributed by atoms with Gasteiger partial charge in [-0.25, -0.2) is 14.4 Å². The van der Waals surface area contributed by atoms with Crippen LogP contribution in [0, 0.1) is 11.7 Å². The van der Waals surface area contributed by atoms with Crippen molar-refractivity contribution in [3.05, 3.63) is 53.9 Å². The Labute approximate surface area is 122 Å². The quantitative estimate of drug-likeness (QED) is 0.939. The fourth-order valence-corrected chi connectivity index (χ4v) is 2.40. The van der Waals surface area contributed by atoms with Crippen molar-refractivity contribution < 1.29 is 9.18 Å². The van der Waals surface area contributed by atoms with E-state index in [2.05, 4.69) is 15.3 Å². The van der Waals surface area contributed by atoms with Crippen molar-refractivity contribution in [1.29, 1.82) is 0 Å². The van der Waals surface area contributed by atoms with Crippen LogP contribution < -0.4 is 5.32 Å². The third-order valence-corrected chi connectivity index (χ3v) is 3.71. The highest BCUT2D eigenvalue weighted by Crippen LogP contribution is 2.47. The Morgan fingerprint density at radius 2 is 1.95 bits per heavy atom. The minimum atomic E-state index is -0.256. The maximum absolute atomic E-state index is 12.9. The van der Waals surface area contributed by atoms with E-state index < -0.39 is 0 Å². The minimum absolute atomic E-state index is 0.0304. The molecule has 108 valence electrons. The Bertz CT molecular complexity index is 640. The van der Waals surface area contributed by atoms with E-state index in [1.54, 1.807) is 24.5 Å². The molecular formula is C16H16FN3O. The van der Waals surface area contributed by atoms with Crippen LogP contribution in [0.3, 0.4) is 0 Å². The Balaban J connectivity index is 1.60. The molecule has 1 amide bonds. The van der Waals surface area contributed by atoms with E-state index in [4.69, 9.17) is 0 Å². The van der Waals surface area contributed by atoms with E-state index in [9.17, 15) is 9.18 Å². The number of nitrogens with zero attached hydrogens (tertiary/aromatic N) is 2. The predicted molar refractivity (Wildman–Crippen MR) is 77.3 cm³/mol. The van der Waals surface area contributed by atoms with Crippen molar-refractivity contribution in [1.82, 2.24) is 9.97 Å². The summed E-state index contributed by atoms with van der Waals surface area (Å²) >= 11 is 0. The molecule has 3 rings (SSSR count). The van der Waals surface area contributed by atoms with Crippen molar-refractivity contribution in [3.63, 3.8) is 0 Å². The highest BCUT2D eigenvalue weighted by molar-refractivity contribution is 5.94. The first-order chi connectivity index (χ1) is 10.2. The zero-order valence-corrected chi connectivity index (χ0v) is 11.7. The second-order valence-corrected chi connectivity index (χ2v) is 5.23. The molecule has 2 aromatic rings. The molecule has 0 radical (unpaired) electrons.